The lowest BCUT2D eigenvalue weighted by molar-refractivity contribution is -0.137. The Kier molecular flexibility index (Phi) is 7.60. The molecule has 2 aliphatic carbocycles. The molecule has 0 atom stereocenters. The lowest BCUT2D eigenvalue weighted by Crippen LogP contribution is -2.20. The number of sulfonamides is 1. The fraction of sp³-hybridized carbons (Fsp3) is 0.448. The Morgan fingerprint density at radius 2 is 1.78 bits per heavy atom. The number of alkyl halides is 3. The maximum Gasteiger partial charge on any atom is 0.417 e. The standard InChI is InChI=1S/C29H31F3N2O5S2/c1-28(2)10-8-16(9-11-28)18-6-7-19(22(12-18)29(30,31)32)26-33-25(15-40-26)41(37,38)34-23-13-20(17-4-5-17)21(27(35)36)14-24(23)39-3/h6-7,12-17,34H,4-5,8-11H2,1-3H3,(H,35,36). The molecule has 0 bridgehead atoms. The highest BCUT2D eigenvalue weighted by molar-refractivity contribution is 7.92. The van der Waals surface area contributed by atoms with E-state index >= 15 is 0 Å². The Morgan fingerprint density at radius 1 is 1.10 bits per heavy atom. The third-order valence-electron chi connectivity index (χ3n) is 8.01. The zero-order valence-corrected chi connectivity index (χ0v) is 24.5. The van der Waals surface area contributed by atoms with Crippen molar-refractivity contribution in [3.63, 3.8) is 0 Å². The average Bonchev–Trinajstić information content (AvgIpc) is 3.62. The van der Waals surface area contributed by atoms with E-state index in [2.05, 4.69) is 23.6 Å². The van der Waals surface area contributed by atoms with Crippen LogP contribution in [0.4, 0.5) is 18.9 Å². The average molecular weight is 609 g/mol. The quantitative estimate of drug-likeness (QED) is 0.269. The minimum Gasteiger partial charge on any atom is -0.495 e. The molecular formula is C29H31F3N2O5S2. The topological polar surface area (TPSA) is 106 Å². The molecule has 0 saturated heterocycles. The van der Waals surface area contributed by atoms with Gasteiger partial charge in [-0.05, 0) is 85.1 Å². The maximum atomic E-state index is 14.2. The van der Waals surface area contributed by atoms with Gasteiger partial charge in [-0.3, -0.25) is 4.72 Å². The second-order valence-electron chi connectivity index (χ2n) is 11.6. The number of aromatic carboxylic acids is 1. The van der Waals surface area contributed by atoms with Crippen molar-refractivity contribution in [2.45, 2.75) is 75.4 Å². The Morgan fingerprint density at radius 3 is 2.37 bits per heavy atom. The summed E-state index contributed by atoms with van der Waals surface area (Å²) >= 11 is 0.807. The van der Waals surface area contributed by atoms with Gasteiger partial charge in [0.25, 0.3) is 10.0 Å². The van der Waals surface area contributed by atoms with E-state index in [4.69, 9.17) is 4.74 Å². The van der Waals surface area contributed by atoms with Gasteiger partial charge in [-0.1, -0.05) is 26.0 Å². The Balaban J connectivity index is 1.45. The van der Waals surface area contributed by atoms with Gasteiger partial charge in [0.05, 0.1) is 23.9 Å². The van der Waals surface area contributed by atoms with Gasteiger partial charge in [0, 0.05) is 10.9 Å². The van der Waals surface area contributed by atoms with Gasteiger partial charge in [-0.25, -0.2) is 9.78 Å². The summed E-state index contributed by atoms with van der Waals surface area (Å²) in [5, 5.41) is 10.3. The SMILES string of the molecule is COc1cc(C(=O)O)c(C2CC2)cc1NS(=O)(=O)c1csc(-c2ccc(C3CCC(C)(C)CC3)cc2C(F)(F)F)n1. The molecule has 1 aromatic heterocycles. The molecule has 2 N–H and O–H groups in total. The molecule has 220 valence electrons. The van der Waals surface area contributed by atoms with Gasteiger partial charge in [0.1, 0.15) is 10.8 Å². The van der Waals surface area contributed by atoms with Gasteiger partial charge in [-0.2, -0.15) is 21.6 Å². The normalized spacial score (nSPS) is 17.8. The number of hydrogen-bond donors (Lipinski definition) is 2. The van der Waals surface area contributed by atoms with Crippen molar-refractivity contribution < 1.29 is 36.2 Å². The lowest BCUT2D eigenvalue weighted by Gasteiger charge is -2.34. The van der Waals surface area contributed by atoms with E-state index in [0.29, 0.717) is 11.1 Å². The molecule has 2 saturated carbocycles. The summed E-state index contributed by atoms with van der Waals surface area (Å²) in [4.78, 5) is 15.8. The molecule has 3 aromatic rings. The molecule has 0 unspecified atom stereocenters. The maximum absolute atomic E-state index is 14.2. The largest absolute Gasteiger partial charge is 0.495 e. The molecule has 0 amide bonds. The minimum atomic E-state index is -4.65. The molecule has 0 radical (unpaired) electrons. The monoisotopic (exact) mass is 608 g/mol. The summed E-state index contributed by atoms with van der Waals surface area (Å²) in [7, 11) is -3.05. The minimum absolute atomic E-state index is 0.00463. The van der Waals surface area contributed by atoms with Crippen molar-refractivity contribution in [2.24, 2.45) is 5.41 Å². The molecule has 2 fully saturated rings. The van der Waals surface area contributed by atoms with Crippen LogP contribution in [0.15, 0.2) is 40.7 Å². The lowest BCUT2D eigenvalue weighted by atomic mass is 9.71. The smallest absolute Gasteiger partial charge is 0.417 e. The number of anilines is 1. The van der Waals surface area contributed by atoms with Crippen LogP contribution in [0.3, 0.4) is 0 Å². The number of halogens is 3. The first-order valence-electron chi connectivity index (χ1n) is 13.3. The Hall–Kier alpha value is -3.12. The first-order valence-corrected chi connectivity index (χ1v) is 15.7. The number of methoxy groups -OCH3 is 1. The summed E-state index contributed by atoms with van der Waals surface area (Å²) in [6.07, 6.45) is 0.421. The highest BCUT2D eigenvalue weighted by atomic mass is 32.2. The first kappa shape index (κ1) is 29.4. The highest BCUT2D eigenvalue weighted by Gasteiger charge is 2.37. The summed E-state index contributed by atoms with van der Waals surface area (Å²) in [6, 6.07) is 6.97. The van der Waals surface area contributed by atoms with E-state index in [-0.39, 0.29) is 44.8 Å². The number of hydrogen-bond acceptors (Lipinski definition) is 6. The van der Waals surface area contributed by atoms with Crippen LogP contribution in [-0.2, 0) is 16.2 Å². The third-order valence-corrected chi connectivity index (χ3v) is 10.3. The van der Waals surface area contributed by atoms with Crippen LogP contribution in [-0.4, -0.2) is 31.6 Å². The van der Waals surface area contributed by atoms with Gasteiger partial charge >= 0.3 is 12.1 Å². The van der Waals surface area contributed by atoms with E-state index in [1.165, 1.54) is 36.8 Å². The van der Waals surface area contributed by atoms with Crippen molar-refractivity contribution in [3.8, 4) is 16.3 Å². The van der Waals surface area contributed by atoms with Crippen molar-refractivity contribution in [1.29, 1.82) is 0 Å². The number of rotatable bonds is 8. The molecule has 7 nitrogen and oxygen atoms in total. The summed E-state index contributed by atoms with van der Waals surface area (Å²) in [5.41, 5.74) is 0.349. The fourth-order valence-corrected chi connectivity index (χ4v) is 7.63. The molecule has 2 aliphatic rings. The molecule has 41 heavy (non-hydrogen) atoms. The number of ether oxygens (including phenoxy) is 1. The first-order chi connectivity index (χ1) is 19.2. The summed E-state index contributed by atoms with van der Waals surface area (Å²) in [6.45, 7) is 4.34. The molecule has 1 heterocycles. The fourth-order valence-electron chi connectivity index (χ4n) is 5.44. The van der Waals surface area contributed by atoms with Crippen LogP contribution >= 0.6 is 11.3 Å². The molecule has 2 aromatic carbocycles. The van der Waals surface area contributed by atoms with Crippen LogP contribution in [0, 0.1) is 5.41 Å². The molecule has 0 aliphatic heterocycles. The van der Waals surface area contributed by atoms with E-state index < -0.39 is 32.8 Å². The van der Waals surface area contributed by atoms with Gasteiger partial charge in [0.2, 0.25) is 0 Å². The molecule has 5 rings (SSSR count). The van der Waals surface area contributed by atoms with Crippen LogP contribution in [0.25, 0.3) is 10.6 Å². The van der Waals surface area contributed by atoms with Crippen molar-refractivity contribution >= 4 is 33.0 Å². The number of thiazole rings is 1. The number of nitrogens with zero attached hydrogens (tertiary/aromatic N) is 1. The number of carbonyl (C=O) groups is 1. The van der Waals surface area contributed by atoms with E-state index in [0.717, 1.165) is 49.9 Å². The van der Waals surface area contributed by atoms with Gasteiger partial charge in [0.15, 0.2) is 5.03 Å². The van der Waals surface area contributed by atoms with Gasteiger partial charge < -0.3 is 9.84 Å². The Bertz CT molecular complexity index is 1580. The summed E-state index contributed by atoms with van der Waals surface area (Å²) in [5.74, 6) is -1.10. The summed E-state index contributed by atoms with van der Waals surface area (Å²) < 4.78 is 76.8. The van der Waals surface area contributed by atoms with Crippen molar-refractivity contribution in [3.05, 3.63) is 58.0 Å². The van der Waals surface area contributed by atoms with Crippen LogP contribution < -0.4 is 9.46 Å². The van der Waals surface area contributed by atoms with E-state index in [9.17, 15) is 31.5 Å². The van der Waals surface area contributed by atoms with Gasteiger partial charge in [-0.15, -0.1) is 11.3 Å². The van der Waals surface area contributed by atoms with Crippen molar-refractivity contribution in [2.75, 3.05) is 11.8 Å². The number of carboxylic acids is 1. The number of aromatic nitrogens is 1. The number of nitrogens with one attached hydrogen (secondary N) is 1. The predicted octanol–water partition coefficient (Wildman–Crippen LogP) is 7.90. The van der Waals surface area contributed by atoms with Crippen LogP contribution in [0.2, 0.25) is 0 Å². The zero-order chi connectivity index (χ0) is 29.7. The Labute approximate surface area is 240 Å². The second kappa shape index (κ2) is 10.6. The third kappa shape index (κ3) is 6.23. The highest BCUT2D eigenvalue weighted by Crippen LogP contribution is 2.47. The molecular weight excluding hydrogens is 577 g/mol. The molecule has 12 heteroatoms. The second-order valence-corrected chi connectivity index (χ2v) is 14.0. The number of carboxylic acid groups (broad SMARTS) is 1. The predicted molar refractivity (Wildman–Crippen MR) is 150 cm³/mol. The van der Waals surface area contributed by atoms with E-state index in [1.54, 1.807) is 6.07 Å². The van der Waals surface area contributed by atoms with E-state index in [1.807, 2.05) is 0 Å². The number of benzene rings is 2. The molecule has 0 spiro atoms. The van der Waals surface area contributed by atoms with Crippen molar-refractivity contribution in [1.82, 2.24) is 4.98 Å². The zero-order valence-electron chi connectivity index (χ0n) is 22.8. The van der Waals surface area contributed by atoms with Crippen LogP contribution in [0.1, 0.15) is 91.3 Å². The van der Waals surface area contributed by atoms with Crippen LogP contribution in [0.5, 0.6) is 5.75 Å².